The van der Waals surface area contributed by atoms with Crippen molar-refractivity contribution in [1.29, 1.82) is 0 Å². The average molecular weight is 211 g/mol. The fraction of sp³-hybridized carbons (Fsp3) is 0.625. The number of aromatic nitrogens is 3. The van der Waals surface area contributed by atoms with Gasteiger partial charge in [-0.25, -0.2) is 5.84 Å². The number of aryl methyl sites for hydroxylation is 1. The van der Waals surface area contributed by atoms with Gasteiger partial charge in [0.15, 0.2) is 5.82 Å². The Morgan fingerprint density at radius 2 is 2.47 bits per heavy atom. The van der Waals surface area contributed by atoms with Crippen molar-refractivity contribution in [2.75, 3.05) is 6.54 Å². The van der Waals surface area contributed by atoms with Crippen molar-refractivity contribution in [2.24, 2.45) is 17.9 Å². The Morgan fingerprint density at radius 3 is 2.93 bits per heavy atom. The van der Waals surface area contributed by atoms with E-state index in [1.165, 1.54) is 0 Å². The van der Waals surface area contributed by atoms with Gasteiger partial charge in [0.25, 0.3) is 0 Å². The zero-order valence-corrected chi connectivity index (χ0v) is 9.23. The van der Waals surface area contributed by atoms with Crippen molar-refractivity contribution in [1.82, 2.24) is 25.5 Å². The minimum Gasteiger partial charge on any atom is -0.346 e. The predicted octanol–water partition coefficient (Wildman–Crippen LogP) is -0.695. The van der Waals surface area contributed by atoms with Crippen LogP contribution in [0.5, 0.6) is 0 Å². The zero-order chi connectivity index (χ0) is 11.3. The van der Waals surface area contributed by atoms with Crippen molar-refractivity contribution < 1.29 is 0 Å². The SMILES string of the molecule is CCN=C(NN)NC(C)c1nncn1C. The maximum atomic E-state index is 5.31. The molecule has 1 heterocycles. The molecule has 1 aromatic heterocycles. The van der Waals surface area contributed by atoms with E-state index in [2.05, 4.69) is 25.9 Å². The molecule has 7 heteroatoms. The Bertz CT molecular complexity index is 329. The summed E-state index contributed by atoms with van der Waals surface area (Å²) in [6.07, 6.45) is 1.65. The van der Waals surface area contributed by atoms with Crippen LogP contribution >= 0.6 is 0 Å². The monoisotopic (exact) mass is 211 g/mol. The van der Waals surface area contributed by atoms with Crippen molar-refractivity contribution in [3.05, 3.63) is 12.2 Å². The lowest BCUT2D eigenvalue weighted by atomic mass is 10.3. The molecule has 1 atom stereocenters. The molecule has 15 heavy (non-hydrogen) atoms. The number of nitrogens with one attached hydrogen (secondary N) is 2. The Hall–Kier alpha value is -1.63. The normalized spacial score (nSPS) is 13.7. The number of aliphatic imine (C=N–C) groups is 1. The smallest absolute Gasteiger partial charge is 0.206 e. The summed E-state index contributed by atoms with van der Waals surface area (Å²) in [4.78, 5) is 4.13. The lowest BCUT2D eigenvalue weighted by molar-refractivity contribution is 0.612. The molecule has 84 valence electrons. The van der Waals surface area contributed by atoms with E-state index < -0.39 is 0 Å². The highest BCUT2D eigenvalue weighted by Gasteiger charge is 2.11. The van der Waals surface area contributed by atoms with Crippen LogP contribution in [0.3, 0.4) is 0 Å². The third-order valence-electron chi connectivity index (χ3n) is 1.94. The maximum absolute atomic E-state index is 5.31. The lowest BCUT2D eigenvalue weighted by Crippen LogP contribution is -2.43. The second-order valence-electron chi connectivity index (χ2n) is 3.13. The Morgan fingerprint density at radius 1 is 1.73 bits per heavy atom. The molecule has 0 spiro atoms. The van der Waals surface area contributed by atoms with Crippen LogP contribution in [-0.2, 0) is 7.05 Å². The molecular weight excluding hydrogens is 194 g/mol. The Kier molecular flexibility index (Phi) is 4.04. The van der Waals surface area contributed by atoms with Crippen molar-refractivity contribution in [2.45, 2.75) is 19.9 Å². The van der Waals surface area contributed by atoms with Crippen LogP contribution in [0.2, 0.25) is 0 Å². The van der Waals surface area contributed by atoms with E-state index in [9.17, 15) is 0 Å². The minimum atomic E-state index is -0.00106. The molecule has 1 rings (SSSR count). The van der Waals surface area contributed by atoms with E-state index in [-0.39, 0.29) is 6.04 Å². The Labute approximate surface area is 88.8 Å². The van der Waals surface area contributed by atoms with Crippen LogP contribution in [0.1, 0.15) is 25.7 Å². The predicted molar refractivity (Wildman–Crippen MR) is 57.9 cm³/mol. The molecule has 1 aromatic rings. The molecule has 0 aliphatic rings. The summed E-state index contributed by atoms with van der Waals surface area (Å²) in [6.45, 7) is 4.57. The first-order valence-electron chi connectivity index (χ1n) is 4.80. The summed E-state index contributed by atoms with van der Waals surface area (Å²) in [5, 5.41) is 10.9. The quantitative estimate of drug-likeness (QED) is 0.266. The molecule has 7 nitrogen and oxygen atoms in total. The third kappa shape index (κ3) is 2.91. The van der Waals surface area contributed by atoms with E-state index in [0.29, 0.717) is 12.5 Å². The fourth-order valence-electron chi connectivity index (χ4n) is 1.24. The molecule has 0 fully saturated rings. The number of rotatable bonds is 3. The van der Waals surface area contributed by atoms with Crippen molar-refractivity contribution >= 4 is 5.96 Å². The van der Waals surface area contributed by atoms with Gasteiger partial charge in [-0.05, 0) is 13.8 Å². The first-order chi connectivity index (χ1) is 7.19. The Balaban J connectivity index is 2.66. The minimum absolute atomic E-state index is 0.00106. The van der Waals surface area contributed by atoms with E-state index >= 15 is 0 Å². The highest BCUT2D eigenvalue weighted by molar-refractivity contribution is 5.79. The van der Waals surface area contributed by atoms with Gasteiger partial charge in [0.1, 0.15) is 6.33 Å². The largest absolute Gasteiger partial charge is 0.346 e. The maximum Gasteiger partial charge on any atom is 0.206 e. The molecule has 4 N–H and O–H groups in total. The second kappa shape index (κ2) is 5.30. The number of hydrogen-bond acceptors (Lipinski definition) is 4. The molecule has 0 aromatic carbocycles. The van der Waals surface area contributed by atoms with Crippen LogP contribution in [0.15, 0.2) is 11.3 Å². The van der Waals surface area contributed by atoms with Crippen LogP contribution in [0, 0.1) is 0 Å². The van der Waals surface area contributed by atoms with Crippen LogP contribution in [-0.4, -0.2) is 27.3 Å². The van der Waals surface area contributed by atoms with Gasteiger partial charge in [-0.15, -0.1) is 10.2 Å². The standard InChI is InChI=1S/C8H17N7/c1-4-10-8(13-9)12-6(2)7-14-11-5-15(7)3/h5-6H,4,9H2,1-3H3,(H2,10,12,13). The number of hydrazine groups is 1. The van der Waals surface area contributed by atoms with Gasteiger partial charge in [-0.2, -0.15) is 0 Å². The van der Waals surface area contributed by atoms with Gasteiger partial charge < -0.3 is 9.88 Å². The van der Waals surface area contributed by atoms with Crippen molar-refractivity contribution in [3.8, 4) is 0 Å². The topological polar surface area (TPSA) is 93.2 Å². The molecule has 0 aliphatic carbocycles. The van der Waals surface area contributed by atoms with Gasteiger partial charge in [-0.1, -0.05) is 0 Å². The summed E-state index contributed by atoms with van der Waals surface area (Å²) in [7, 11) is 1.89. The van der Waals surface area contributed by atoms with E-state index in [0.717, 1.165) is 5.82 Å². The lowest BCUT2D eigenvalue weighted by Gasteiger charge is -2.15. The fourth-order valence-corrected chi connectivity index (χ4v) is 1.24. The van der Waals surface area contributed by atoms with E-state index in [4.69, 9.17) is 5.84 Å². The van der Waals surface area contributed by atoms with Gasteiger partial charge in [0.05, 0.1) is 6.04 Å². The van der Waals surface area contributed by atoms with Gasteiger partial charge in [0, 0.05) is 13.6 Å². The van der Waals surface area contributed by atoms with Crippen molar-refractivity contribution in [3.63, 3.8) is 0 Å². The summed E-state index contributed by atoms with van der Waals surface area (Å²) < 4.78 is 1.84. The molecule has 0 bridgehead atoms. The van der Waals surface area contributed by atoms with Gasteiger partial charge in [-0.3, -0.25) is 10.4 Å². The molecule has 0 saturated carbocycles. The van der Waals surface area contributed by atoms with Crippen LogP contribution < -0.4 is 16.6 Å². The van der Waals surface area contributed by atoms with E-state index in [1.807, 2.05) is 25.5 Å². The first kappa shape index (κ1) is 11.4. The van der Waals surface area contributed by atoms with E-state index in [1.54, 1.807) is 6.33 Å². The van der Waals surface area contributed by atoms with Crippen LogP contribution in [0.25, 0.3) is 0 Å². The number of guanidine groups is 1. The highest BCUT2D eigenvalue weighted by atomic mass is 15.3. The molecule has 0 aliphatic heterocycles. The second-order valence-corrected chi connectivity index (χ2v) is 3.13. The van der Waals surface area contributed by atoms with Gasteiger partial charge in [0.2, 0.25) is 5.96 Å². The highest BCUT2D eigenvalue weighted by Crippen LogP contribution is 2.06. The summed E-state index contributed by atoms with van der Waals surface area (Å²) >= 11 is 0. The number of nitrogens with two attached hydrogens (primary N) is 1. The molecule has 0 amide bonds. The molecule has 1 unspecified atom stereocenters. The number of nitrogens with zero attached hydrogens (tertiary/aromatic N) is 4. The molecular formula is C8H17N7. The molecule has 0 radical (unpaired) electrons. The summed E-state index contributed by atoms with van der Waals surface area (Å²) in [6, 6.07) is -0.00106. The van der Waals surface area contributed by atoms with Crippen LogP contribution in [0.4, 0.5) is 0 Å². The molecule has 0 saturated heterocycles. The summed E-state index contributed by atoms with van der Waals surface area (Å²) in [5.41, 5.74) is 2.50. The summed E-state index contributed by atoms with van der Waals surface area (Å²) in [5.74, 6) is 6.69. The zero-order valence-electron chi connectivity index (χ0n) is 9.23. The average Bonchev–Trinajstić information content (AvgIpc) is 2.63. The number of hydrogen-bond donors (Lipinski definition) is 3. The van der Waals surface area contributed by atoms with Gasteiger partial charge >= 0.3 is 0 Å². The first-order valence-corrected chi connectivity index (χ1v) is 4.80. The third-order valence-corrected chi connectivity index (χ3v) is 1.94.